The minimum atomic E-state index is -4.68. The third kappa shape index (κ3) is 5.29. The summed E-state index contributed by atoms with van der Waals surface area (Å²) in [5.74, 6) is 0.523. The molecule has 2 N–H and O–H groups in total. The third-order valence-electron chi connectivity index (χ3n) is 3.62. The minimum absolute atomic E-state index is 0.328. The first kappa shape index (κ1) is 20.3. The van der Waals surface area contributed by atoms with Crippen LogP contribution in [0.5, 0.6) is 5.75 Å². The summed E-state index contributed by atoms with van der Waals surface area (Å²) in [6.07, 6.45) is -3.21. The molecule has 3 aromatic rings. The van der Waals surface area contributed by atoms with Crippen molar-refractivity contribution in [3.05, 3.63) is 48.4 Å². The molecule has 0 aliphatic rings. The molecule has 2 aromatic heterocycles. The quantitative estimate of drug-likeness (QED) is 0.551. The number of anilines is 2. The number of methoxy groups -OCH3 is 1. The highest BCUT2D eigenvalue weighted by atomic mass is 19.4. The Morgan fingerprint density at radius 1 is 1.17 bits per heavy atom. The molecule has 8 nitrogen and oxygen atoms in total. The molecular formula is C18H16F3N3O5. The van der Waals surface area contributed by atoms with Crippen LogP contribution in [0.2, 0.25) is 0 Å². The normalized spacial score (nSPS) is 11.3. The van der Waals surface area contributed by atoms with Crippen molar-refractivity contribution in [1.82, 2.24) is 5.16 Å². The molecular weight excluding hydrogens is 395 g/mol. The Bertz CT molecular complexity index is 954. The van der Waals surface area contributed by atoms with Crippen molar-refractivity contribution < 1.29 is 36.4 Å². The predicted octanol–water partition coefficient (Wildman–Crippen LogP) is 4.62. The van der Waals surface area contributed by atoms with E-state index >= 15 is 0 Å². The number of hydrogen-bond donors (Lipinski definition) is 2. The molecule has 11 heteroatoms. The Morgan fingerprint density at radius 3 is 2.66 bits per heavy atom. The largest absolute Gasteiger partial charge is 0.491 e. The molecule has 2 amide bonds. The maximum atomic E-state index is 12.6. The van der Waals surface area contributed by atoms with E-state index < -0.39 is 23.8 Å². The SMILES string of the molecule is COCCOc1ccc(NC(=O)Nc2cc(C(F)(F)F)no2)c(-c2ccco2)c1. The van der Waals surface area contributed by atoms with Gasteiger partial charge in [0.2, 0.25) is 5.88 Å². The molecule has 3 rings (SSSR count). The van der Waals surface area contributed by atoms with E-state index in [0.717, 1.165) is 0 Å². The van der Waals surface area contributed by atoms with E-state index in [-0.39, 0.29) is 0 Å². The number of alkyl halides is 3. The van der Waals surface area contributed by atoms with Gasteiger partial charge in [-0.2, -0.15) is 13.2 Å². The molecule has 0 aliphatic carbocycles. The van der Waals surface area contributed by atoms with Crippen LogP contribution in [0.3, 0.4) is 0 Å². The van der Waals surface area contributed by atoms with Crippen LogP contribution >= 0.6 is 0 Å². The van der Waals surface area contributed by atoms with Crippen molar-refractivity contribution >= 4 is 17.6 Å². The summed E-state index contributed by atoms with van der Waals surface area (Å²) in [4.78, 5) is 12.2. The van der Waals surface area contributed by atoms with Crippen LogP contribution in [0, 0.1) is 0 Å². The maximum Gasteiger partial charge on any atom is 0.436 e. The number of rotatable bonds is 7. The predicted molar refractivity (Wildman–Crippen MR) is 95.7 cm³/mol. The molecule has 1 aromatic carbocycles. The second-order valence-corrected chi connectivity index (χ2v) is 5.68. The van der Waals surface area contributed by atoms with E-state index in [1.54, 1.807) is 37.4 Å². The first-order valence-electron chi connectivity index (χ1n) is 8.28. The topological polar surface area (TPSA) is 98.8 Å². The van der Waals surface area contributed by atoms with Gasteiger partial charge in [0.1, 0.15) is 18.1 Å². The van der Waals surface area contributed by atoms with E-state index in [1.165, 1.54) is 6.26 Å². The number of carbonyl (C=O) groups excluding carboxylic acids is 1. The number of halogens is 3. The van der Waals surface area contributed by atoms with Gasteiger partial charge in [-0.3, -0.25) is 5.32 Å². The molecule has 0 unspecified atom stereocenters. The van der Waals surface area contributed by atoms with Gasteiger partial charge >= 0.3 is 12.2 Å². The fourth-order valence-electron chi connectivity index (χ4n) is 2.33. The number of carbonyl (C=O) groups is 1. The molecule has 0 aliphatic heterocycles. The highest BCUT2D eigenvalue weighted by molar-refractivity contribution is 6.01. The minimum Gasteiger partial charge on any atom is -0.491 e. The monoisotopic (exact) mass is 411 g/mol. The van der Waals surface area contributed by atoms with Crippen molar-refractivity contribution in [2.45, 2.75) is 6.18 Å². The van der Waals surface area contributed by atoms with Gasteiger partial charge in [-0.15, -0.1) is 0 Å². The fourth-order valence-corrected chi connectivity index (χ4v) is 2.33. The first-order valence-corrected chi connectivity index (χ1v) is 8.28. The number of nitrogens with one attached hydrogen (secondary N) is 2. The standard InChI is InChI=1S/C18H16F3N3O5/c1-26-7-8-27-11-4-5-13(12(9-11)14-3-2-6-28-14)22-17(25)23-16-10-15(24-29-16)18(19,20)21/h2-6,9-10H,7-8H2,1H3,(H2,22,23,25). The Hall–Kier alpha value is -3.47. The van der Waals surface area contributed by atoms with Gasteiger partial charge < -0.3 is 23.7 Å². The van der Waals surface area contributed by atoms with E-state index in [0.29, 0.717) is 42.0 Å². The molecule has 29 heavy (non-hydrogen) atoms. The average molecular weight is 411 g/mol. The lowest BCUT2D eigenvalue weighted by Crippen LogP contribution is -2.19. The van der Waals surface area contributed by atoms with Crippen LogP contribution in [0.15, 0.2) is 51.6 Å². The molecule has 0 saturated carbocycles. The Kier molecular flexibility index (Phi) is 6.07. The number of hydrogen-bond acceptors (Lipinski definition) is 6. The van der Waals surface area contributed by atoms with Gasteiger partial charge in [-0.25, -0.2) is 4.79 Å². The Balaban J connectivity index is 1.75. The highest BCUT2D eigenvalue weighted by Crippen LogP contribution is 2.33. The van der Waals surface area contributed by atoms with Gasteiger partial charge in [0.15, 0.2) is 5.69 Å². The Labute approximate surface area is 162 Å². The molecule has 0 atom stereocenters. The van der Waals surface area contributed by atoms with Crippen molar-refractivity contribution in [2.75, 3.05) is 31.0 Å². The van der Waals surface area contributed by atoms with E-state index in [1.807, 2.05) is 0 Å². The van der Waals surface area contributed by atoms with Gasteiger partial charge in [-0.05, 0) is 30.3 Å². The number of urea groups is 1. The van der Waals surface area contributed by atoms with Crippen LogP contribution in [0.4, 0.5) is 29.5 Å². The smallest absolute Gasteiger partial charge is 0.436 e. The van der Waals surface area contributed by atoms with Crippen LogP contribution < -0.4 is 15.4 Å². The average Bonchev–Trinajstić information content (AvgIpc) is 3.34. The molecule has 0 radical (unpaired) electrons. The number of ether oxygens (including phenoxy) is 2. The molecule has 0 saturated heterocycles. The van der Waals surface area contributed by atoms with Gasteiger partial charge in [0.25, 0.3) is 0 Å². The lowest BCUT2D eigenvalue weighted by molar-refractivity contribution is -0.142. The van der Waals surface area contributed by atoms with Gasteiger partial charge in [0, 0.05) is 18.7 Å². The van der Waals surface area contributed by atoms with E-state index in [4.69, 9.17) is 13.9 Å². The lowest BCUT2D eigenvalue weighted by atomic mass is 10.1. The number of benzene rings is 1. The third-order valence-corrected chi connectivity index (χ3v) is 3.62. The van der Waals surface area contributed by atoms with Crippen LogP contribution in [0.25, 0.3) is 11.3 Å². The molecule has 0 fully saturated rings. The zero-order valence-electron chi connectivity index (χ0n) is 15.1. The summed E-state index contributed by atoms with van der Waals surface area (Å²) in [7, 11) is 1.55. The van der Waals surface area contributed by atoms with Crippen LogP contribution in [0.1, 0.15) is 5.69 Å². The number of nitrogens with zero attached hydrogens (tertiary/aromatic N) is 1. The van der Waals surface area contributed by atoms with Gasteiger partial charge in [-0.1, -0.05) is 5.16 Å². The molecule has 0 bridgehead atoms. The lowest BCUT2D eigenvalue weighted by Gasteiger charge is -2.12. The summed E-state index contributed by atoms with van der Waals surface area (Å²) < 4.78 is 58.0. The maximum absolute atomic E-state index is 12.6. The zero-order valence-corrected chi connectivity index (χ0v) is 15.1. The second-order valence-electron chi connectivity index (χ2n) is 5.68. The van der Waals surface area contributed by atoms with Crippen LogP contribution in [-0.2, 0) is 10.9 Å². The summed E-state index contributed by atoms with van der Waals surface area (Å²) in [5, 5.41) is 7.55. The van der Waals surface area contributed by atoms with Crippen molar-refractivity contribution in [2.24, 2.45) is 0 Å². The van der Waals surface area contributed by atoms with Crippen molar-refractivity contribution in [3.63, 3.8) is 0 Å². The molecule has 2 heterocycles. The van der Waals surface area contributed by atoms with Gasteiger partial charge in [0.05, 0.1) is 18.6 Å². The van der Waals surface area contributed by atoms with Crippen molar-refractivity contribution in [1.29, 1.82) is 0 Å². The Morgan fingerprint density at radius 2 is 2.00 bits per heavy atom. The summed E-state index contributed by atoms with van der Waals surface area (Å²) in [5.41, 5.74) is -0.401. The van der Waals surface area contributed by atoms with E-state index in [2.05, 4.69) is 20.3 Å². The number of amides is 2. The summed E-state index contributed by atoms with van der Waals surface area (Å²) >= 11 is 0. The highest BCUT2D eigenvalue weighted by Gasteiger charge is 2.35. The zero-order chi connectivity index (χ0) is 20.9. The molecule has 154 valence electrons. The summed E-state index contributed by atoms with van der Waals surface area (Å²) in [6.45, 7) is 0.726. The van der Waals surface area contributed by atoms with E-state index in [9.17, 15) is 18.0 Å². The van der Waals surface area contributed by atoms with Crippen LogP contribution in [-0.4, -0.2) is 31.5 Å². The second kappa shape index (κ2) is 8.69. The number of furan rings is 1. The molecule has 0 spiro atoms. The van der Waals surface area contributed by atoms with Crippen molar-refractivity contribution in [3.8, 4) is 17.1 Å². The number of aromatic nitrogens is 1. The summed E-state index contributed by atoms with van der Waals surface area (Å²) in [6, 6.07) is 7.96. The fraction of sp³-hybridized carbons (Fsp3) is 0.222. The first-order chi connectivity index (χ1) is 13.9.